The third kappa shape index (κ3) is 33.0. The highest BCUT2D eigenvalue weighted by atomic mass is 16.3. The van der Waals surface area contributed by atoms with Crippen molar-refractivity contribution < 1.29 is 35.7 Å². The van der Waals surface area contributed by atoms with Crippen molar-refractivity contribution in [2.24, 2.45) is 0 Å². The maximum atomic E-state index is 10.00. The molecule has 0 atom stereocenters. The Kier molecular flexibility index (Phi) is 38.7. The fourth-order valence-electron chi connectivity index (χ4n) is 6.52. The first-order chi connectivity index (χ1) is 27.9. The minimum atomic E-state index is 0.0827. The summed E-state index contributed by atoms with van der Waals surface area (Å²) >= 11 is 0. The van der Waals surface area contributed by atoms with Gasteiger partial charge in [0.2, 0.25) is 0 Å². The van der Waals surface area contributed by atoms with Crippen LogP contribution in [0.2, 0.25) is 0 Å². The van der Waals surface area contributed by atoms with Crippen LogP contribution in [-0.2, 0) is 0 Å². The summed E-state index contributed by atoms with van der Waals surface area (Å²) in [6.07, 6.45) is 0. The molecule has 0 amide bonds. The minimum Gasteiger partial charge on any atom is -0.395 e. The van der Waals surface area contributed by atoms with Crippen LogP contribution in [-0.4, -0.2) is 355 Å². The van der Waals surface area contributed by atoms with E-state index in [1.54, 1.807) is 0 Å². The summed E-state index contributed by atoms with van der Waals surface area (Å²) in [6, 6.07) is 0. The Balaban J connectivity index is 5.27. The number of hydrogen-bond acceptors (Lipinski definition) is 18. The van der Waals surface area contributed by atoms with E-state index in [1.165, 1.54) is 0 Å². The standard InChI is InChI=1S/C40H93N11O7/c1-41(7-8-43(3)27-34-52)9-18-49(31-38-56)19-10-42(2)11-20-50(32-39-57)25-26-51(33-40-58)24-23-48(17-14-46(6)30-37-55)22-21-47(15-12-44(4)28-35-53)16-13-45(5)29-36-54/h52-58H,7-40H2,1-6H3. The molecule has 0 aliphatic heterocycles. The van der Waals surface area contributed by atoms with Gasteiger partial charge in [0, 0.05) is 177 Å². The van der Waals surface area contributed by atoms with Crippen LogP contribution < -0.4 is 0 Å². The highest BCUT2D eigenvalue weighted by molar-refractivity contribution is 4.73. The van der Waals surface area contributed by atoms with Gasteiger partial charge in [0.1, 0.15) is 0 Å². The summed E-state index contributed by atoms with van der Waals surface area (Å²) in [5, 5.41) is 67.0. The summed E-state index contributed by atoms with van der Waals surface area (Å²) in [5.41, 5.74) is 0. The Bertz CT molecular complexity index is 866. The van der Waals surface area contributed by atoms with Gasteiger partial charge in [-0.05, 0) is 42.3 Å². The lowest BCUT2D eigenvalue weighted by molar-refractivity contribution is 0.117. The van der Waals surface area contributed by atoms with Crippen LogP contribution in [0.15, 0.2) is 0 Å². The number of hydrogen-bond donors (Lipinski definition) is 7. The lowest BCUT2D eigenvalue weighted by Crippen LogP contribution is -2.47. The summed E-state index contributed by atoms with van der Waals surface area (Å²) < 4.78 is 0. The molecule has 0 unspecified atom stereocenters. The van der Waals surface area contributed by atoms with Crippen molar-refractivity contribution in [1.29, 1.82) is 0 Å². The zero-order chi connectivity index (χ0) is 43.4. The molecule has 7 N–H and O–H groups in total. The number of aliphatic hydroxyl groups is 7. The topological polar surface area (TPSA) is 177 Å². The van der Waals surface area contributed by atoms with Gasteiger partial charge >= 0.3 is 0 Å². The van der Waals surface area contributed by atoms with Crippen molar-refractivity contribution in [2.75, 3.05) is 265 Å². The van der Waals surface area contributed by atoms with Gasteiger partial charge in [0.15, 0.2) is 0 Å². The van der Waals surface area contributed by atoms with Gasteiger partial charge in [0.05, 0.1) is 46.2 Å². The average molecular weight is 840 g/mol. The smallest absolute Gasteiger partial charge is 0.0558 e. The molecule has 0 aromatic rings. The molecule has 18 nitrogen and oxygen atoms in total. The van der Waals surface area contributed by atoms with Crippen molar-refractivity contribution in [1.82, 2.24) is 53.9 Å². The molecule has 0 rings (SSSR count). The van der Waals surface area contributed by atoms with E-state index in [0.717, 1.165) is 131 Å². The molecule has 0 aliphatic rings. The number of nitrogens with zero attached hydrogens (tertiary/aromatic N) is 11. The SMILES string of the molecule is CN(CCO)CCN(C)CCN(CCO)CCN(C)CCN(CCO)CCN(CCO)CCN(CCN(C)CCO)CCN(CCN(C)CCO)CCN(C)CCO. The molecule has 0 aromatic carbocycles. The second-order valence-electron chi connectivity index (χ2n) is 16.1. The third-order valence-corrected chi connectivity index (χ3v) is 11.0. The van der Waals surface area contributed by atoms with E-state index in [0.29, 0.717) is 45.8 Å². The molecular weight excluding hydrogens is 747 g/mol. The molecule has 0 spiro atoms. The Morgan fingerprint density at radius 1 is 0.172 bits per heavy atom. The number of aliphatic hydroxyl groups excluding tert-OH is 7. The molecule has 0 aliphatic carbocycles. The zero-order valence-corrected chi connectivity index (χ0v) is 38.1. The van der Waals surface area contributed by atoms with E-state index in [9.17, 15) is 30.6 Å². The fourth-order valence-corrected chi connectivity index (χ4v) is 6.52. The molecule has 0 radical (unpaired) electrons. The third-order valence-electron chi connectivity index (χ3n) is 11.0. The van der Waals surface area contributed by atoms with Gasteiger partial charge in [-0.3, -0.25) is 24.5 Å². The largest absolute Gasteiger partial charge is 0.395 e. The fraction of sp³-hybridized carbons (Fsp3) is 1.00. The molecule has 0 saturated heterocycles. The van der Waals surface area contributed by atoms with E-state index >= 15 is 0 Å². The van der Waals surface area contributed by atoms with Crippen LogP contribution in [0.5, 0.6) is 0 Å². The summed E-state index contributed by atoms with van der Waals surface area (Å²) in [6.45, 7) is 22.6. The van der Waals surface area contributed by atoms with Crippen molar-refractivity contribution in [3.8, 4) is 0 Å². The highest BCUT2D eigenvalue weighted by Crippen LogP contribution is 2.01. The Labute approximate surface area is 354 Å². The van der Waals surface area contributed by atoms with Crippen molar-refractivity contribution >= 4 is 0 Å². The predicted octanol–water partition coefficient (Wildman–Crippen LogP) is -4.97. The van der Waals surface area contributed by atoms with E-state index in [-0.39, 0.29) is 46.2 Å². The molecule has 0 saturated carbocycles. The molecule has 0 fully saturated rings. The average Bonchev–Trinajstić information content (AvgIpc) is 3.19. The first kappa shape index (κ1) is 57.3. The maximum Gasteiger partial charge on any atom is 0.0558 e. The van der Waals surface area contributed by atoms with Crippen LogP contribution in [0, 0.1) is 0 Å². The quantitative estimate of drug-likeness (QED) is 0.0311. The van der Waals surface area contributed by atoms with Crippen LogP contribution in [0.3, 0.4) is 0 Å². The number of likely N-dealkylation sites (N-methyl/N-ethyl adjacent to an activating group) is 6. The molecule has 0 aromatic heterocycles. The number of rotatable bonds is 44. The zero-order valence-electron chi connectivity index (χ0n) is 38.1. The lowest BCUT2D eigenvalue weighted by Gasteiger charge is -2.33. The molecule has 18 heteroatoms. The predicted molar refractivity (Wildman–Crippen MR) is 237 cm³/mol. The van der Waals surface area contributed by atoms with Crippen molar-refractivity contribution in [3.63, 3.8) is 0 Å². The van der Waals surface area contributed by atoms with E-state index in [1.807, 2.05) is 28.2 Å². The van der Waals surface area contributed by atoms with Crippen LogP contribution in [0.25, 0.3) is 0 Å². The van der Waals surface area contributed by atoms with Gasteiger partial charge in [0.25, 0.3) is 0 Å². The van der Waals surface area contributed by atoms with E-state index in [2.05, 4.69) is 68.0 Å². The molecule has 58 heavy (non-hydrogen) atoms. The van der Waals surface area contributed by atoms with Crippen LogP contribution in [0.1, 0.15) is 0 Å². The first-order valence-electron chi connectivity index (χ1n) is 21.9. The summed E-state index contributed by atoms with van der Waals surface area (Å²) in [7, 11) is 12.4. The monoisotopic (exact) mass is 840 g/mol. The first-order valence-corrected chi connectivity index (χ1v) is 21.9. The van der Waals surface area contributed by atoms with E-state index in [4.69, 9.17) is 5.11 Å². The Morgan fingerprint density at radius 3 is 0.466 bits per heavy atom. The normalized spacial score (nSPS) is 12.8. The highest BCUT2D eigenvalue weighted by Gasteiger charge is 2.16. The second-order valence-corrected chi connectivity index (χ2v) is 16.1. The van der Waals surface area contributed by atoms with Gasteiger partial charge in [-0.1, -0.05) is 0 Å². The second kappa shape index (κ2) is 39.1. The van der Waals surface area contributed by atoms with Crippen molar-refractivity contribution in [2.45, 2.75) is 0 Å². The lowest BCUT2D eigenvalue weighted by atomic mass is 10.3. The molecular formula is C40H93N11O7. The van der Waals surface area contributed by atoms with Crippen molar-refractivity contribution in [3.05, 3.63) is 0 Å². The molecule has 350 valence electrons. The maximum absolute atomic E-state index is 10.00. The summed E-state index contributed by atoms with van der Waals surface area (Å²) in [5.74, 6) is 0. The van der Waals surface area contributed by atoms with Gasteiger partial charge in [-0.15, -0.1) is 0 Å². The Morgan fingerprint density at radius 2 is 0.293 bits per heavy atom. The van der Waals surface area contributed by atoms with E-state index < -0.39 is 0 Å². The van der Waals surface area contributed by atoms with Crippen LogP contribution >= 0.6 is 0 Å². The Hall–Kier alpha value is -0.720. The minimum absolute atomic E-state index is 0.0827. The van der Waals surface area contributed by atoms with Gasteiger partial charge < -0.3 is 65.1 Å². The van der Waals surface area contributed by atoms with Gasteiger partial charge in [-0.2, -0.15) is 0 Å². The molecule has 0 heterocycles. The van der Waals surface area contributed by atoms with Crippen LogP contribution in [0.4, 0.5) is 0 Å². The van der Waals surface area contributed by atoms with Gasteiger partial charge in [-0.25, -0.2) is 0 Å². The summed E-state index contributed by atoms with van der Waals surface area (Å²) in [4.78, 5) is 25.1. The molecule has 0 bridgehead atoms.